The van der Waals surface area contributed by atoms with Crippen LogP contribution in [0.3, 0.4) is 0 Å². The van der Waals surface area contributed by atoms with Crippen LogP contribution in [0.1, 0.15) is 0 Å². The summed E-state index contributed by atoms with van der Waals surface area (Å²) in [7, 11) is 3.21. The number of benzene rings is 3. The number of aromatic amines is 2. The Labute approximate surface area is 226 Å². The minimum Gasteiger partial charge on any atom is -0.497 e. The molecule has 0 saturated heterocycles. The highest BCUT2D eigenvalue weighted by Gasteiger charge is 2.13. The highest BCUT2D eigenvalue weighted by molar-refractivity contribution is 8.00. The number of H-pyrrole nitrogens is 2. The van der Waals surface area contributed by atoms with Gasteiger partial charge in [0.2, 0.25) is 11.8 Å². The lowest BCUT2D eigenvalue weighted by molar-refractivity contribution is -0.114. The van der Waals surface area contributed by atoms with Crippen LogP contribution >= 0.6 is 23.5 Å². The molecule has 0 radical (unpaired) electrons. The lowest BCUT2D eigenvalue weighted by atomic mass is 10.2. The SMILES string of the molecule is COc1ccc2nc(SCC(=O)Nc3ccccc3NC(=O)CSc3nc4ccc(OC)cc4[nH]3)[nH]c2c1. The van der Waals surface area contributed by atoms with Gasteiger partial charge in [-0.2, -0.15) is 0 Å². The summed E-state index contributed by atoms with van der Waals surface area (Å²) in [6.07, 6.45) is 0. The zero-order valence-electron chi connectivity index (χ0n) is 20.5. The number of nitrogens with one attached hydrogen (secondary N) is 4. The van der Waals surface area contributed by atoms with Crippen LogP contribution in [-0.4, -0.2) is 57.5 Å². The first kappa shape index (κ1) is 25.5. The molecular weight excluding hydrogens is 524 g/mol. The highest BCUT2D eigenvalue weighted by atomic mass is 32.2. The van der Waals surface area contributed by atoms with Crippen LogP contribution in [0.2, 0.25) is 0 Å². The van der Waals surface area contributed by atoms with E-state index in [4.69, 9.17) is 9.47 Å². The maximum atomic E-state index is 12.6. The molecule has 194 valence electrons. The molecule has 0 aliphatic carbocycles. The molecule has 5 rings (SSSR count). The fourth-order valence-electron chi connectivity index (χ4n) is 3.66. The van der Waals surface area contributed by atoms with Crippen molar-refractivity contribution in [2.24, 2.45) is 0 Å². The molecular formula is C26H24N6O4S2. The van der Waals surface area contributed by atoms with E-state index in [1.807, 2.05) is 36.4 Å². The molecule has 0 unspecified atom stereocenters. The van der Waals surface area contributed by atoms with Crippen molar-refractivity contribution in [1.82, 2.24) is 19.9 Å². The predicted molar refractivity (Wildman–Crippen MR) is 150 cm³/mol. The Morgan fingerprint density at radius 2 is 1.18 bits per heavy atom. The van der Waals surface area contributed by atoms with Crippen molar-refractivity contribution in [1.29, 1.82) is 0 Å². The third-order valence-corrected chi connectivity index (χ3v) is 7.24. The molecule has 2 amide bonds. The minimum absolute atomic E-state index is 0.145. The number of thioether (sulfide) groups is 2. The van der Waals surface area contributed by atoms with Gasteiger partial charge in [0.1, 0.15) is 11.5 Å². The number of imidazole rings is 2. The van der Waals surface area contributed by atoms with Crippen LogP contribution in [0.5, 0.6) is 11.5 Å². The van der Waals surface area contributed by atoms with Crippen LogP contribution < -0.4 is 20.1 Å². The normalized spacial score (nSPS) is 11.0. The Morgan fingerprint density at radius 3 is 1.61 bits per heavy atom. The first-order valence-electron chi connectivity index (χ1n) is 11.5. The topological polar surface area (TPSA) is 134 Å². The molecule has 5 aromatic rings. The van der Waals surface area contributed by atoms with Gasteiger partial charge >= 0.3 is 0 Å². The Bertz CT molecular complexity index is 1500. The summed E-state index contributed by atoms with van der Waals surface area (Å²) >= 11 is 2.58. The van der Waals surface area contributed by atoms with E-state index in [1.165, 1.54) is 23.5 Å². The summed E-state index contributed by atoms with van der Waals surface area (Å²) in [5.41, 5.74) is 4.29. The van der Waals surface area contributed by atoms with E-state index in [9.17, 15) is 9.59 Å². The second kappa shape index (κ2) is 11.5. The molecule has 0 atom stereocenters. The van der Waals surface area contributed by atoms with Gasteiger partial charge in [-0.15, -0.1) is 0 Å². The number of amides is 2. The second-order valence-corrected chi connectivity index (χ2v) is 10.00. The Balaban J connectivity index is 1.15. The van der Waals surface area contributed by atoms with Crippen molar-refractivity contribution < 1.29 is 19.1 Å². The molecule has 0 fully saturated rings. The second-order valence-electron chi connectivity index (χ2n) is 8.07. The number of hydrogen-bond acceptors (Lipinski definition) is 8. The number of anilines is 2. The fraction of sp³-hybridized carbons (Fsp3) is 0.154. The Morgan fingerprint density at radius 1 is 0.737 bits per heavy atom. The molecule has 12 heteroatoms. The summed E-state index contributed by atoms with van der Waals surface area (Å²) in [5.74, 6) is 1.30. The minimum atomic E-state index is -0.221. The first-order valence-corrected chi connectivity index (χ1v) is 13.5. The number of aromatic nitrogens is 4. The third-order valence-electron chi connectivity index (χ3n) is 5.49. The van der Waals surface area contributed by atoms with Gasteiger partial charge in [0.05, 0.1) is 59.2 Å². The summed E-state index contributed by atoms with van der Waals surface area (Å²) in [5, 5.41) is 7.00. The van der Waals surface area contributed by atoms with E-state index < -0.39 is 0 Å². The van der Waals surface area contributed by atoms with Crippen molar-refractivity contribution >= 4 is 68.8 Å². The average molecular weight is 549 g/mol. The number of rotatable bonds is 10. The largest absolute Gasteiger partial charge is 0.497 e. The number of nitrogens with zero attached hydrogens (tertiary/aromatic N) is 2. The fourth-order valence-corrected chi connectivity index (χ4v) is 5.03. The lowest BCUT2D eigenvalue weighted by Gasteiger charge is -2.11. The molecule has 2 heterocycles. The van der Waals surface area contributed by atoms with Crippen LogP contribution in [-0.2, 0) is 9.59 Å². The van der Waals surface area contributed by atoms with E-state index >= 15 is 0 Å². The van der Waals surface area contributed by atoms with Crippen LogP contribution in [0.4, 0.5) is 11.4 Å². The van der Waals surface area contributed by atoms with E-state index in [-0.39, 0.29) is 23.3 Å². The van der Waals surface area contributed by atoms with Crippen molar-refractivity contribution in [3.8, 4) is 11.5 Å². The third kappa shape index (κ3) is 6.03. The number of carbonyl (C=O) groups is 2. The van der Waals surface area contributed by atoms with Crippen molar-refractivity contribution in [3.63, 3.8) is 0 Å². The van der Waals surface area contributed by atoms with Crippen LogP contribution in [0.25, 0.3) is 22.1 Å². The van der Waals surface area contributed by atoms with Gasteiger partial charge in [0, 0.05) is 12.1 Å². The van der Waals surface area contributed by atoms with Crippen LogP contribution in [0.15, 0.2) is 71.0 Å². The van der Waals surface area contributed by atoms with E-state index in [1.54, 1.807) is 38.5 Å². The molecule has 0 bridgehead atoms. The Hall–Kier alpha value is -4.16. The standard InChI is InChI=1S/C26H24N6O4S2/c1-35-15-7-9-19-21(11-15)31-25(29-19)37-13-23(33)27-17-5-3-4-6-18(17)28-24(34)14-38-26-30-20-10-8-16(36-2)12-22(20)32-26/h3-12H,13-14H2,1-2H3,(H,27,33)(H,28,34)(H,29,31)(H,30,32). The Kier molecular flexibility index (Phi) is 7.70. The molecule has 4 N–H and O–H groups in total. The predicted octanol–water partition coefficient (Wildman–Crippen LogP) is 4.92. The average Bonchev–Trinajstić information content (AvgIpc) is 3.54. The molecule has 38 heavy (non-hydrogen) atoms. The number of methoxy groups -OCH3 is 2. The first-order chi connectivity index (χ1) is 18.5. The van der Waals surface area contributed by atoms with E-state index in [2.05, 4.69) is 30.6 Å². The number of hydrogen-bond donors (Lipinski definition) is 4. The van der Waals surface area contributed by atoms with Gasteiger partial charge in [-0.05, 0) is 36.4 Å². The van der Waals surface area contributed by atoms with Gasteiger partial charge in [-0.1, -0.05) is 35.7 Å². The van der Waals surface area contributed by atoms with Crippen molar-refractivity contribution in [3.05, 3.63) is 60.7 Å². The zero-order valence-corrected chi connectivity index (χ0v) is 22.2. The smallest absolute Gasteiger partial charge is 0.234 e. The van der Waals surface area contributed by atoms with Crippen LogP contribution in [0, 0.1) is 0 Å². The van der Waals surface area contributed by atoms with Gasteiger partial charge in [0.15, 0.2) is 10.3 Å². The van der Waals surface area contributed by atoms with Gasteiger partial charge in [0.25, 0.3) is 0 Å². The molecule has 0 saturated carbocycles. The summed E-state index contributed by atoms with van der Waals surface area (Å²) in [6, 6.07) is 18.2. The number of fused-ring (bicyclic) bond motifs is 2. The van der Waals surface area contributed by atoms with Crippen molar-refractivity contribution in [2.75, 3.05) is 36.4 Å². The lowest BCUT2D eigenvalue weighted by Crippen LogP contribution is -2.19. The highest BCUT2D eigenvalue weighted by Crippen LogP contribution is 2.26. The maximum Gasteiger partial charge on any atom is 0.234 e. The molecule has 0 aliphatic heterocycles. The maximum absolute atomic E-state index is 12.6. The van der Waals surface area contributed by atoms with Gasteiger partial charge in [-0.25, -0.2) is 9.97 Å². The van der Waals surface area contributed by atoms with Gasteiger partial charge in [-0.3, -0.25) is 9.59 Å². The monoisotopic (exact) mass is 548 g/mol. The molecule has 0 spiro atoms. The number of carbonyl (C=O) groups excluding carboxylic acids is 2. The van der Waals surface area contributed by atoms with Crippen molar-refractivity contribution in [2.45, 2.75) is 10.3 Å². The van der Waals surface area contributed by atoms with E-state index in [0.717, 1.165) is 33.6 Å². The van der Waals surface area contributed by atoms with E-state index in [0.29, 0.717) is 21.7 Å². The summed E-state index contributed by atoms with van der Waals surface area (Å²) in [4.78, 5) is 40.7. The number of ether oxygens (including phenoxy) is 2. The molecule has 10 nitrogen and oxygen atoms in total. The quantitative estimate of drug-likeness (QED) is 0.181. The molecule has 0 aliphatic rings. The zero-order chi connectivity index (χ0) is 26.5. The summed E-state index contributed by atoms with van der Waals surface area (Å²) in [6.45, 7) is 0. The molecule has 3 aromatic carbocycles. The number of para-hydroxylation sites is 2. The molecule has 2 aromatic heterocycles. The summed E-state index contributed by atoms with van der Waals surface area (Å²) < 4.78 is 10.5. The van der Waals surface area contributed by atoms with Gasteiger partial charge < -0.3 is 30.1 Å².